The maximum Gasteiger partial charge on any atom is 0.235 e. The van der Waals surface area contributed by atoms with Gasteiger partial charge in [0, 0.05) is 27.1 Å². The number of aromatic amines is 1. The zero-order valence-corrected chi connectivity index (χ0v) is 13.8. The molecule has 0 spiro atoms. The summed E-state index contributed by atoms with van der Waals surface area (Å²) < 4.78 is 0. The Bertz CT molecular complexity index is 617. The smallest absolute Gasteiger partial charge is 0.235 e. The van der Waals surface area contributed by atoms with Crippen molar-refractivity contribution in [1.82, 2.24) is 10.2 Å². The zero-order chi connectivity index (χ0) is 15.5. The second-order valence-electron chi connectivity index (χ2n) is 5.71. The summed E-state index contributed by atoms with van der Waals surface area (Å²) in [7, 11) is 0. The minimum absolute atomic E-state index is 0.0198. The second-order valence-corrected chi connectivity index (χ2v) is 7.19. The average Bonchev–Trinajstić information content (AvgIpc) is 2.86. The number of nitrogens with zero attached hydrogens (tertiary/aromatic N) is 1. The van der Waals surface area contributed by atoms with Crippen molar-refractivity contribution in [2.24, 2.45) is 0 Å². The average molecular weight is 324 g/mol. The van der Waals surface area contributed by atoms with Gasteiger partial charge in [-0.15, -0.1) is 11.8 Å². The maximum atomic E-state index is 11.9. The number of carbonyl (C=O) groups is 1. The largest absolute Gasteiger partial charge is 0.308 e. The molecule has 2 aromatic rings. The number of nitrogens with one attached hydrogen (secondary N) is 2. The fourth-order valence-corrected chi connectivity index (χ4v) is 2.45. The molecule has 0 aliphatic heterocycles. The highest BCUT2D eigenvalue weighted by Crippen LogP contribution is 2.23. The Kier molecular flexibility index (Phi) is 4.96. The van der Waals surface area contributed by atoms with Gasteiger partial charge in [-0.05, 0) is 24.3 Å². The Morgan fingerprint density at radius 2 is 2.00 bits per heavy atom. The summed E-state index contributed by atoms with van der Waals surface area (Å²) >= 11 is 7.28. The summed E-state index contributed by atoms with van der Waals surface area (Å²) in [5, 5.41) is 10.5. The lowest BCUT2D eigenvalue weighted by atomic mass is 9.92. The molecule has 112 valence electrons. The summed E-state index contributed by atoms with van der Waals surface area (Å²) in [6.45, 7) is 6.26. The van der Waals surface area contributed by atoms with Crippen LogP contribution < -0.4 is 5.32 Å². The van der Waals surface area contributed by atoms with Crippen molar-refractivity contribution >= 4 is 35.1 Å². The van der Waals surface area contributed by atoms with Gasteiger partial charge in [-0.1, -0.05) is 32.4 Å². The van der Waals surface area contributed by atoms with Crippen LogP contribution in [0.15, 0.2) is 35.2 Å². The van der Waals surface area contributed by atoms with Gasteiger partial charge in [0.25, 0.3) is 0 Å². The van der Waals surface area contributed by atoms with Crippen molar-refractivity contribution in [2.45, 2.75) is 31.1 Å². The fraction of sp³-hybridized carbons (Fsp3) is 0.333. The monoisotopic (exact) mass is 323 g/mol. The normalized spacial score (nSPS) is 11.4. The number of hydrogen-bond donors (Lipinski definition) is 2. The minimum Gasteiger partial charge on any atom is -0.308 e. The molecule has 0 saturated carbocycles. The summed E-state index contributed by atoms with van der Waals surface area (Å²) in [5.74, 6) is 0.808. The molecule has 0 radical (unpaired) electrons. The van der Waals surface area contributed by atoms with Gasteiger partial charge < -0.3 is 5.32 Å². The number of halogens is 1. The molecule has 1 aromatic carbocycles. The molecule has 1 amide bonds. The van der Waals surface area contributed by atoms with E-state index in [-0.39, 0.29) is 11.3 Å². The van der Waals surface area contributed by atoms with Crippen LogP contribution in [0, 0.1) is 0 Å². The van der Waals surface area contributed by atoms with E-state index in [0.717, 1.165) is 10.6 Å². The van der Waals surface area contributed by atoms with Crippen LogP contribution in [-0.4, -0.2) is 21.9 Å². The highest BCUT2D eigenvalue weighted by Gasteiger charge is 2.17. The molecule has 2 rings (SSSR count). The summed E-state index contributed by atoms with van der Waals surface area (Å²) in [5.41, 5.74) is 0.969. The highest BCUT2D eigenvalue weighted by molar-refractivity contribution is 8.00. The Morgan fingerprint density at radius 3 is 2.57 bits per heavy atom. The van der Waals surface area contributed by atoms with Crippen molar-refractivity contribution < 1.29 is 4.79 Å². The molecule has 0 aliphatic carbocycles. The second kappa shape index (κ2) is 6.54. The quantitative estimate of drug-likeness (QED) is 0.833. The standard InChI is InChI=1S/C15H18ClN3OS/c1-15(2,3)12-8-13(19-18-12)17-14(20)9-21-11-6-4-10(16)5-7-11/h4-8H,9H2,1-3H3,(H2,17,18,19,20). The van der Waals surface area contributed by atoms with E-state index in [2.05, 4.69) is 36.3 Å². The van der Waals surface area contributed by atoms with Crippen LogP contribution in [0.1, 0.15) is 26.5 Å². The van der Waals surface area contributed by atoms with E-state index >= 15 is 0 Å². The van der Waals surface area contributed by atoms with Gasteiger partial charge in [0.05, 0.1) is 5.75 Å². The molecule has 0 aliphatic rings. The number of benzene rings is 1. The number of amides is 1. The molecular weight excluding hydrogens is 306 g/mol. The van der Waals surface area contributed by atoms with E-state index < -0.39 is 0 Å². The number of aromatic nitrogens is 2. The predicted molar refractivity (Wildman–Crippen MR) is 88.1 cm³/mol. The first-order valence-electron chi connectivity index (χ1n) is 6.59. The Balaban J connectivity index is 1.87. The Morgan fingerprint density at radius 1 is 1.33 bits per heavy atom. The van der Waals surface area contributed by atoms with Crippen molar-refractivity contribution in [3.63, 3.8) is 0 Å². The highest BCUT2D eigenvalue weighted by atomic mass is 35.5. The van der Waals surface area contributed by atoms with Crippen LogP contribution in [0.2, 0.25) is 5.02 Å². The van der Waals surface area contributed by atoms with Crippen LogP contribution >= 0.6 is 23.4 Å². The number of H-pyrrole nitrogens is 1. The first-order valence-corrected chi connectivity index (χ1v) is 7.95. The van der Waals surface area contributed by atoms with E-state index in [0.29, 0.717) is 16.6 Å². The van der Waals surface area contributed by atoms with E-state index in [1.54, 1.807) is 0 Å². The molecule has 1 aromatic heterocycles. The molecule has 21 heavy (non-hydrogen) atoms. The van der Waals surface area contributed by atoms with Gasteiger partial charge in [-0.25, -0.2) is 0 Å². The molecule has 6 heteroatoms. The molecule has 0 saturated heterocycles. The molecule has 1 heterocycles. The van der Waals surface area contributed by atoms with E-state index in [9.17, 15) is 4.79 Å². The summed E-state index contributed by atoms with van der Waals surface area (Å²) in [6, 6.07) is 9.28. The minimum atomic E-state index is -0.0816. The van der Waals surface area contributed by atoms with Gasteiger partial charge in [0.15, 0.2) is 5.82 Å². The number of rotatable bonds is 4. The lowest BCUT2D eigenvalue weighted by molar-refractivity contribution is -0.113. The zero-order valence-electron chi connectivity index (χ0n) is 12.2. The summed E-state index contributed by atoms with van der Waals surface area (Å²) in [6.07, 6.45) is 0. The van der Waals surface area contributed by atoms with Crippen molar-refractivity contribution in [1.29, 1.82) is 0 Å². The molecule has 0 atom stereocenters. The van der Waals surface area contributed by atoms with Crippen molar-refractivity contribution in [2.75, 3.05) is 11.1 Å². The lowest BCUT2D eigenvalue weighted by Crippen LogP contribution is -2.14. The van der Waals surface area contributed by atoms with E-state index in [1.807, 2.05) is 30.3 Å². The first kappa shape index (κ1) is 15.9. The van der Waals surface area contributed by atoms with Gasteiger partial charge in [-0.2, -0.15) is 5.10 Å². The Labute approximate surface area is 133 Å². The molecule has 2 N–H and O–H groups in total. The van der Waals surface area contributed by atoms with Crippen LogP contribution in [0.3, 0.4) is 0 Å². The molecule has 0 unspecified atom stereocenters. The van der Waals surface area contributed by atoms with Crippen LogP contribution in [0.25, 0.3) is 0 Å². The number of anilines is 1. The van der Waals surface area contributed by atoms with Crippen molar-refractivity contribution in [3.8, 4) is 0 Å². The van der Waals surface area contributed by atoms with Gasteiger partial charge in [-0.3, -0.25) is 9.89 Å². The molecule has 0 bridgehead atoms. The predicted octanol–water partition coefficient (Wildman–Crippen LogP) is 4.09. The first-order chi connectivity index (χ1) is 9.84. The third-order valence-corrected chi connectivity index (χ3v) is 4.10. The van der Waals surface area contributed by atoms with Gasteiger partial charge in [0.2, 0.25) is 5.91 Å². The number of hydrogen-bond acceptors (Lipinski definition) is 3. The van der Waals surface area contributed by atoms with Crippen LogP contribution in [0.5, 0.6) is 0 Å². The van der Waals surface area contributed by atoms with Crippen molar-refractivity contribution in [3.05, 3.63) is 41.0 Å². The fourth-order valence-electron chi connectivity index (χ4n) is 1.63. The topological polar surface area (TPSA) is 57.8 Å². The lowest BCUT2D eigenvalue weighted by Gasteiger charge is -2.14. The van der Waals surface area contributed by atoms with E-state index in [1.165, 1.54) is 11.8 Å². The van der Waals surface area contributed by atoms with Gasteiger partial charge >= 0.3 is 0 Å². The SMILES string of the molecule is CC(C)(C)c1cc(NC(=O)CSc2ccc(Cl)cc2)n[nH]1. The summed E-state index contributed by atoms with van der Waals surface area (Å²) in [4.78, 5) is 12.9. The van der Waals surface area contributed by atoms with Crippen LogP contribution in [0.4, 0.5) is 5.82 Å². The van der Waals surface area contributed by atoms with Gasteiger partial charge in [0.1, 0.15) is 0 Å². The van der Waals surface area contributed by atoms with Crippen LogP contribution in [-0.2, 0) is 10.2 Å². The maximum absolute atomic E-state index is 11.9. The Hall–Kier alpha value is -1.46. The number of thioether (sulfide) groups is 1. The molecule has 4 nitrogen and oxygen atoms in total. The molecule has 0 fully saturated rings. The number of carbonyl (C=O) groups excluding carboxylic acids is 1. The third-order valence-electron chi connectivity index (χ3n) is 2.84. The molecular formula is C15H18ClN3OS. The third kappa shape index (κ3) is 4.79. The van der Waals surface area contributed by atoms with E-state index in [4.69, 9.17) is 11.6 Å².